The van der Waals surface area contributed by atoms with E-state index in [4.69, 9.17) is 4.74 Å². The Morgan fingerprint density at radius 2 is 2.29 bits per heavy atom. The average molecular weight is 282 g/mol. The number of ether oxygens (including phenoxy) is 1. The summed E-state index contributed by atoms with van der Waals surface area (Å²) in [6, 6.07) is 8.20. The normalized spacial score (nSPS) is 19.9. The fourth-order valence-electron chi connectivity index (χ4n) is 1.46. The van der Waals surface area contributed by atoms with Crippen LogP contribution in [0.25, 0.3) is 10.2 Å². The molecule has 1 atom stereocenters. The molecule has 0 fully saturated rings. The summed E-state index contributed by atoms with van der Waals surface area (Å²) in [5, 5.41) is 0.195. The van der Waals surface area contributed by atoms with Crippen LogP contribution in [-0.4, -0.2) is 29.8 Å². The van der Waals surface area contributed by atoms with Crippen LogP contribution in [0.3, 0.4) is 0 Å². The van der Waals surface area contributed by atoms with E-state index >= 15 is 0 Å². The van der Waals surface area contributed by atoms with Crippen molar-refractivity contribution in [3.8, 4) is 0 Å². The van der Waals surface area contributed by atoms with Gasteiger partial charge in [-0.2, -0.15) is 0 Å². The average Bonchev–Trinajstić information content (AvgIpc) is 2.80. The maximum Gasteiger partial charge on any atom is 0.161 e. The second-order valence-corrected chi connectivity index (χ2v) is 7.11. The number of nitrogens with zero attached hydrogens (tertiary/aromatic N) is 2. The number of thiazole rings is 1. The van der Waals surface area contributed by atoms with Gasteiger partial charge in [0.1, 0.15) is 5.37 Å². The van der Waals surface area contributed by atoms with E-state index in [-0.39, 0.29) is 5.37 Å². The van der Waals surface area contributed by atoms with E-state index in [9.17, 15) is 0 Å². The molecular weight excluding hydrogens is 272 g/mol. The van der Waals surface area contributed by atoms with Crippen molar-refractivity contribution < 1.29 is 4.74 Å². The van der Waals surface area contributed by atoms with Gasteiger partial charge in [-0.25, -0.2) is 4.98 Å². The Hall–Kier alpha value is -0.560. The molecule has 0 spiro atoms. The molecule has 0 radical (unpaired) electrons. The zero-order chi connectivity index (χ0) is 11.5. The summed E-state index contributed by atoms with van der Waals surface area (Å²) in [5.41, 5.74) is 1.07. The molecule has 1 aliphatic heterocycles. The molecule has 1 aromatic heterocycles. The first kappa shape index (κ1) is 11.5. The van der Waals surface area contributed by atoms with Gasteiger partial charge >= 0.3 is 0 Å². The number of aliphatic imine (C=N–C) groups is 1. The van der Waals surface area contributed by atoms with Gasteiger partial charge in [-0.1, -0.05) is 22.9 Å². The van der Waals surface area contributed by atoms with E-state index in [2.05, 4.69) is 16.0 Å². The van der Waals surface area contributed by atoms with Crippen LogP contribution in [0.4, 0.5) is 0 Å². The summed E-state index contributed by atoms with van der Waals surface area (Å²) in [6.07, 6.45) is 1.83. The van der Waals surface area contributed by atoms with Gasteiger partial charge in [-0.15, -0.1) is 11.3 Å². The number of hydrogen-bond acceptors (Lipinski definition) is 6. The van der Waals surface area contributed by atoms with Crippen molar-refractivity contribution in [2.24, 2.45) is 4.99 Å². The standard InChI is InChI=1S/C11H10N2OS3/c1-2-4-9-8(3-1)13-11(15-9)17-16-10-7-14-6-5-12-10/h1-5,10H,6-7H2. The van der Waals surface area contributed by atoms with Gasteiger partial charge < -0.3 is 4.74 Å². The lowest BCUT2D eigenvalue weighted by Gasteiger charge is -2.13. The van der Waals surface area contributed by atoms with Crippen LogP contribution in [0.15, 0.2) is 33.6 Å². The van der Waals surface area contributed by atoms with Crippen LogP contribution < -0.4 is 0 Å². The van der Waals surface area contributed by atoms with Crippen LogP contribution in [0.2, 0.25) is 0 Å². The number of benzene rings is 1. The molecule has 88 valence electrons. The monoisotopic (exact) mass is 282 g/mol. The summed E-state index contributed by atoms with van der Waals surface area (Å²) in [5.74, 6) is 0. The fourth-order valence-corrected chi connectivity index (χ4v) is 4.85. The van der Waals surface area contributed by atoms with Crippen molar-refractivity contribution in [2.45, 2.75) is 9.71 Å². The lowest BCUT2D eigenvalue weighted by molar-refractivity contribution is 0.167. The van der Waals surface area contributed by atoms with Crippen molar-refractivity contribution in [1.29, 1.82) is 0 Å². The number of rotatable bonds is 3. The molecule has 0 N–H and O–H groups in total. The first-order chi connectivity index (χ1) is 8.42. The van der Waals surface area contributed by atoms with E-state index in [1.807, 2.05) is 24.4 Å². The predicted octanol–water partition coefficient (Wildman–Crippen LogP) is 3.46. The number of fused-ring (bicyclic) bond motifs is 1. The zero-order valence-electron chi connectivity index (χ0n) is 8.91. The van der Waals surface area contributed by atoms with E-state index in [1.165, 1.54) is 4.70 Å². The van der Waals surface area contributed by atoms with Crippen molar-refractivity contribution in [1.82, 2.24) is 4.98 Å². The van der Waals surface area contributed by atoms with Gasteiger partial charge in [0.25, 0.3) is 0 Å². The zero-order valence-corrected chi connectivity index (χ0v) is 11.4. The highest BCUT2D eigenvalue weighted by Crippen LogP contribution is 2.39. The molecular formula is C11H10N2OS3. The highest BCUT2D eigenvalue weighted by atomic mass is 33.1. The first-order valence-electron chi connectivity index (χ1n) is 5.20. The summed E-state index contributed by atoms with van der Waals surface area (Å²) in [7, 11) is 3.39. The van der Waals surface area contributed by atoms with Crippen molar-refractivity contribution in [3.05, 3.63) is 24.3 Å². The molecule has 0 aliphatic carbocycles. The minimum atomic E-state index is 0.195. The minimum Gasteiger partial charge on any atom is -0.373 e. The van der Waals surface area contributed by atoms with Crippen molar-refractivity contribution in [2.75, 3.05) is 13.2 Å². The minimum absolute atomic E-state index is 0.195. The second kappa shape index (κ2) is 5.39. The number of para-hydroxylation sites is 1. The molecule has 3 rings (SSSR count). The van der Waals surface area contributed by atoms with Crippen LogP contribution in [0.1, 0.15) is 0 Å². The van der Waals surface area contributed by atoms with E-state index in [0.29, 0.717) is 13.2 Å². The Bertz CT molecular complexity index is 507. The molecule has 1 aromatic carbocycles. The third-order valence-electron chi connectivity index (χ3n) is 2.23. The second-order valence-electron chi connectivity index (χ2n) is 3.45. The lowest BCUT2D eigenvalue weighted by atomic mass is 10.3. The first-order valence-corrected chi connectivity index (χ1v) is 8.23. The van der Waals surface area contributed by atoms with E-state index in [1.54, 1.807) is 32.9 Å². The molecule has 2 aromatic rings. The summed E-state index contributed by atoms with van der Waals surface area (Å²) >= 11 is 1.72. The Morgan fingerprint density at radius 1 is 1.35 bits per heavy atom. The molecule has 0 saturated heterocycles. The van der Waals surface area contributed by atoms with Gasteiger partial charge in [0.05, 0.1) is 23.4 Å². The van der Waals surface area contributed by atoms with Crippen LogP contribution in [0, 0.1) is 0 Å². The fraction of sp³-hybridized carbons (Fsp3) is 0.273. The number of aromatic nitrogens is 1. The summed E-state index contributed by atoms with van der Waals surface area (Å²) in [4.78, 5) is 8.93. The molecule has 0 bridgehead atoms. The molecule has 3 nitrogen and oxygen atoms in total. The number of hydrogen-bond donors (Lipinski definition) is 0. The Morgan fingerprint density at radius 3 is 3.12 bits per heavy atom. The van der Waals surface area contributed by atoms with Crippen LogP contribution >= 0.6 is 32.9 Å². The molecule has 6 heteroatoms. The quantitative estimate of drug-likeness (QED) is 0.807. The maximum absolute atomic E-state index is 5.33. The van der Waals surface area contributed by atoms with E-state index < -0.39 is 0 Å². The topological polar surface area (TPSA) is 34.5 Å². The smallest absolute Gasteiger partial charge is 0.161 e. The Balaban J connectivity index is 1.68. The van der Waals surface area contributed by atoms with E-state index in [0.717, 1.165) is 9.86 Å². The van der Waals surface area contributed by atoms with Crippen molar-refractivity contribution >= 4 is 49.4 Å². The largest absolute Gasteiger partial charge is 0.373 e. The molecule has 0 amide bonds. The highest BCUT2D eigenvalue weighted by Gasteiger charge is 2.13. The third kappa shape index (κ3) is 2.82. The van der Waals surface area contributed by atoms with Gasteiger partial charge in [-0.05, 0) is 22.9 Å². The van der Waals surface area contributed by atoms with Crippen LogP contribution in [0.5, 0.6) is 0 Å². The van der Waals surface area contributed by atoms with Gasteiger partial charge in [-0.3, -0.25) is 4.99 Å². The van der Waals surface area contributed by atoms with Crippen molar-refractivity contribution in [3.63, 3.8) is 0 Å². The van der Waals surface area contributed by atoms with Crippen LogP contribution in [-0.2, 0) is 4.74 Å². The summed E-state index contributed by atoms with van der Waals surface area (Å²) < 4.78 is 7.64. The van der Waals surface area contributed by atoms with Gasteiger partial charge in [0.2, 0.25) is 0 Å². The Kier molecular flexibility index (Phi) is 3.65. The Labute approximate surface area is 111 Å². The SMILES string of the molecule is C1=NC(SSc2nc3ccccc3s2)COC1. The highest BCUT2D eigenvalue weighted by molar-refractivity contribution is 8.77. The molecule has 1 aliphatic rings. The predicted molar refractivity (Wildman–Crippen MR) is 76.2 cm³/mol. The molecule has 17 heavy (non-hydrogen) atoms. The third-order valence-corrected chi connectivity index (χ3v) is 6.12. The molecule has 2 heterocycles. The maximum atomic E-state index is 5.33. The lowest BCUT2D eigenvalue weighted by Crippen LogP contribution is -2.15. The van der Waals surface area contributed by atoms with Gasteiger partial charge in [0, 0.05) is 6.21 Å². The van der Waals surface area contributed by atoms with Gasteiger partial charge in [0.15, 0.2) is 4.34 Å². The molecule has 0 saturated carbocycles. The molecule has 1 unspecified atom stereocenters. The summed E-state index contributed by atoms with van der Waals surface area (Å²) in [6.45, 7) is 1.34.